The minimum Gasteiger partial charge on any atom is -1.00 e. The average Bonchev–Trinajstić information content (AvgIpc) is 2.61. The van der Waals surface area contributed by atoms with Gasteiger partial charge in [-0.05, 0) is 18.1 Å². The van der Waals surface area contributed by atoms with Crippen LogP contribution in [0.3, 0.4) is 0 Å². The second kappa shape index (κ2) is 7.10. The Bertz CT molecular complexity index is 463. The minimum absolute atomic E-state index is 0. The number of nitrogens with zero attached hydrogens (tertiary/aromatic N) is 2. The summed E-state index contributed by atoms with van der Waals surface area (Å²) in [6, 6.07) is 3.17. The van der Waals surface area contributed by atoms with Crippen molar-refractivity contribution in [3.05, 3.63) is 23.9 Å². The Morgan fingerprint density at radius 1 is 1.56 bits per heavy atom. The van der Waals surface area contributed by atoms with Crippen molar-refractivity contribution in [1.29, 1.82) is 0 Å². The molecule has 1 aliphatic heterocycles. The van der Waals surface area contributed by atoms with Gasteiger partial charge in [0.1, 0.15) is 11.6 Å². The zero-order valence-electron chi connectivity index (χ0n) is 10.9. The van der Waals surface area contributed by atoms with Crippen LogP contribution in [0.2, 0.25) is 0 Å². The Kier molecular flexibility index (Phi) is 6.10. The summed E-state index contributed by atoms with van der Waals surface area (Å²) in [5, 5.41) is 11.7. The molecule has 2 N–H and O–H groups in total. The van der Waals surface area contributed by atoms with Gasteiger partial charge in [0, 0.05) is 24.8 Å². The van der Waals surface area contributed by atoms with Crippen LogP contribution >= 0.6 is 11.9 Å². The summed E-state index contributed by atoms with van der Waals surface area (Å²) in [6.45, 7) is 0.0447. The summed E-state index contributed by atoms with van der Waals surface area (Å²) < 4.78 is 1.31. The van der Waals surface area contributed by atoms with Crippen LogP contribution in [0.15, 0.2) is 23.4 Å². The van der Waals surface area contributed by atoms with Gasteiger partial charge in [-0.1, -0.05) is 6.07 Å². The van der Waals surface area contributed by atoms with Crippen molar-refractivity contribution in [3.8, 4) is 0 Å². The minimum atomic E-state index is -0.430. The molecule has 0 atom stereocenters. The predicted octanol–water partition coefficient (Wildman–Crippen LogP) is -2.71. The van der Waals surface area contributed by atoms with Crippen molar-refractivity contribution in [1.82, 2.24) is 14.6 Å². The molecule has 0 bridgehead atoms. The third-order valence-electron chi connectivity index (χ3n) is 2.19. The van der Waals surface area contributed by atoms with Crippen LogP contribution in [0, 0.1) is 0 Å². The van der Waals surface area contributed by atoms with E-state index >= 15 is 0 Å². The number of carbonyl (C=O) groups is 2. The summed E-state index contributed by atoms with van der Waals surface area (Å²) in [4.78, 5) is 26.5. The van der Waals surface area contributed by atoms with Crippen LogP contribution in [0.5, 0.6) is 0 Å². The predicted molar refractivity (Wildman–Crippen MR) is 62.2 cm³/mol. The zero-order valence-corrected chi connectivity index (χ0v) is 12.7. The average molecular weight is 277 g/mol. The molecule has 0 radical (unpaired) electrons. The number of imide groups is 1. The van der Waals surface area contributed by atoms with Gasteiger partial charge in [0.05, 0.1) is 0 Å². The van der Waals surface area contributed by atoms with Gasteiger partial charge in [-0.25, -0.2) is 9.78 Å². The number of hydrogen-bond donors (Lipinski definition) is 2. The van der Waals surface area contributed by atoms with Gasteiger partial charge in [-0.15, -0.1) is 0 Å². The summed E-state index contributed by atoms with van der Waals surface area (Å²) in [5.74, 6) is -0.317. The van der Waals surface area contributed by atoms with Crippen molar-refractivity contribution in [2.45, 2.75) is 11.4 Å². The summed E-state index contributed by atoms with van der Waals surface area (Å²) >= 11 is 1.11. The first kappa shape index (κ1) is 15.5. The molecule has 0 aliphatic carbocycles. The quantitative estimate of drug-likeness (QED) is 0.355. The standard InChI is InChI=1S/C10H11N3O3S.Na.H/c14-5-3-7-2-1-4-11-9(7)17-13-6-8(15)12-10(13)16;;/h1-2,4,14H,3,5-6H2,(H,12,15,16);;/q;+1;-1. The van der Waals surface area contributed by atoms with E-state index in [-0.39, 0.29) is 50.0 Å². The van der Waals surface area contributed by atoms with Crippen molar-refractivity contribution in [2.75, 3.05) is 13.2 Å². The van der Waals surface area contributed by atoms with Crippen molar-refractivity contribution in [3.63, 3.8) is 0 Å². The molecule has 1 aromatic heterocycles. The third-order valence-corrected chi connectivity index (χ3v) is 3.24. The Labute approximate surface area is 132 Å². The molecule has 1 saturated heterocycles. The van der Waals surface area contributed by atoms with Gasteiger partial charge < -0.3 is 6.53 Å². The van der Waals surface area contributed by atoms with E-state index in [2.05, 4.69) is 10.3 Å². The Morgan fingerprint density at radius 2 is 2.33 bits per heavy atom. The fraction of sp³-hybridized carbons (Fsp3) is 0.300. The first-order valence-electron chi connectivity index (χ1n) is 5.05. The van der Waals surface area contributed by atoms with Gasteiger partial charge >= 0.3 is 35.6 Å². The first-order valence-corrected chi connectivity index (χ1v) is 5.82. The molecule has 1 aromatic rings. The number of urea groups is 1. The van der Waals surface area contributed by atoms with E-state index in [0.717, 1.165) is 17.5 Å². The van der Waals surface area contributed by atoms with Crippen LogP contribution in [-0.4, -0.2) is 39.5 Å². The SMILES string of the molecule is O=C1CN(Sc2ncccc2CCO)C(=O)N1.[H-].[Na+]. The van der Waals surface area contributed by atoms with E-state index in [9.17, 15) is 9.59 Å². The fourth-order valence-corrected chi connectivity index (χ4v) is 2.33. The number of aromatic nitrogens is 1. The van der Waals surface area contributed by atoms with E-state index in [0.29, 0.717) is 11.4 Å². The number of aliphatic hydroxyl groups excluding tert-OH is 1. The van der Waals surface area contributed by atoms with E-state index < -0.39 is 6.03 Å². The van der Waals surface area contributed by atoms with E-state index in [4.69, 9.17) is 5.11 Å². The molecule has 0 aromatic carbocycles. The van der Waals surface area contributed by atoms with Gasteiger partial charge in [0.15, 0.2) is 0 Å². The maximum Gasteiger partial charge on any atom is 1.00 e. The summed E-state index contributed by atoms with van der Waals surface area (Å²) in [5.41, 5.74) is 0.854. The maximum absolute atomic E-state index is 11.4. The second-order valence-electron chi connectivity index (χ2n) is 3.42. The molecule has 1 fully saturated rings. The Balaban J connectivity index is 0.00000162. The van der Waals surface area contributed by atoms with Crippen LogP contribution in [-0.2, 0) is 11.2 Å². The normalized spacial score (nSPS) is 14.4. The molecule has 18 heavy (non-hydrogen) atoms. The molecule has 0 spiro atoms. The fourth-order valence-electron chi connectivity index (χ4n) is 1.42. The van der Waals surface area contributed by atoms with Crippen molar-refractivity contribution < 1.29 is 45.7 Å². The number of pyridine rings is 1. The number of aliphatic hydroxyl groups is 1. The van der Waals surface area contributed by atoms with Crippen LogP contribution < -0.4 is 34.9 Å². The molecule has 6 nitrogen and oxygen atoms in total. The summed E-state index contributed by atoms with van der Waals surface area (Å²) in [7, 11) is 0. The maximum atomic E-state index is 11.4. The number of carbonyl (C=O) groups excluding carboxylic acids is 2. The molecule has 3 amide bonds. The molecule has 2 heterocycles. The zero-order chi connectivity index (χ0) is 12.3. The largest absolute Gasteiger partial charge is 1.00 e. The molecular weight excluding hydrogens is 265 g/mol. The van der Waals surface area contributed by atoms with E-state index in [1.165, 1.54) is 4.31 Å². The number of nitrogens with one attached hydrogen (secondary N) is 1. The van der Waals surface area contributed by atoms with Crippen molar-refractivity contribution >= 4 is 23.9 Å². The third kappa shape index (κ3) is 3.69. The second-order valence-corrected chi connectivity index (χ2v) is 4.43. The monoisotopic (exact) mass is 277 g/mol. The number of hydrogen-bond acceptors (Lipinski definition) is 5. The molecule has 1 aliphatic rings. The van der Waals surface area contributed by atoms with E-state index in [1.54, 1.807) is 12.3 Å². The Morgan fingerprint density at radius 3 is 2.94 bits per heavy atom. The molecule has 0 unspecified atom stereocenters. The van der Waals surface area contributed by atoms with Gasteiger partial charge in [0.25, 0.3) is 0 Å². The summed E-state index contributed by atoms with van der Waals surface area (Å²) in [6.07, 6.45) is 2.08. The van der Waals surface area contributed by atoms with E-state index in [1.807, 2.05) is 6.07 Å². The number of amides is 3. The molecular formula is C10H12N3NaO3S. The van der Waals surface area contributed by atoms with Crippen LogP contribution in [0.4, 0.5) is 4.79 Å². The Hall–Kier alpha value is -0.600. The van der Waals surface area contributed by atoms with Crippen LogP contribution in [0.25, 0.3) is 0 Å². The number of rotatable bonds is 4. The first-order chi connectivity index (χ1) is 8.20. The topological polar surface area (TPSA) is 82.5 Å². The molecule has 0 saturated carbocycles. The molecule has 2 rings (SSSR count). The van der Waals surface area contributed by atoms with Crippen molar-refractivity contribution in [2.24, 2.45) is 0 Å². The van der Waals surface area contributed by atoms with Gasteiger partial charge in [-0.2, -0.15) is 0 Å². The molecule has 92 valence electrons. The molecule has 8 heteroatoms. The van der Waals surface area contributed by atoms with Gasteiger partial charge in [0.2, 0.25) is 5.91 Å². The smallest absolute Gasteiger partial charge is 1.00 e. The van der Waals surface area contributed by atoms with Gasteiger partial charge in [-0.3, -0.25) is 14.4 Å². The van der Waals surface area contributed by atoms with Crippen LogP contribution in [0.1, 0.15) is 6.99 Å².